The SMILES string of the molecule is O=S(=O)(NC(F)(F)[N+](C(F)(F)F)(C(F)(F)F)C(F)(F)C(F)(F)C(F)(F)F)C(F)(F)C(F)(F)C(F)(F)C(F)(F)C(F)(F)C(F)(F)C(F)(F)C(F)(F)F.[Cl-]. The molecule has 0 aromatic carbocycles. The van der Waals surface area contributed by atoms with E-state index >= 15 is 0 Å². The van der Waals surface area contributed by atoms with Crippen molar-refractivity contribution in [1.82, 2.24) is 4.72 Å². The van der Waals surface area contributed by atoms with E-state index in [1.165, 1.54) is 0 Å². The van der Waals surface area contributed by atoms with Gasteiger partial charge in [-0.15, -0.1) is 43.9 Å². The number of sulfonamides is 1. The number of alkyl halides is 32. The smallest absolute Gasteiger partial charge is 0.580 e. The maximum absolute atomic E-state index is 14.2. The zero-order valence-electron chi connectivity index (χ0n) is 21.6. The Kier molecular flexibility index (Phi) is 12.5. The normalized spacial score (nSPS) is 16.9. The van der Waals surface area contributed by atoms with Crippen LogP contribution in [0.1, 0.15) is 0 Å². The molecule has 0 fully saturated rings. The molecule has 0 bridgehead atoms. The van der Waals surface area contributed by atoms with Gasteiger partial charge in [-0.2, -0.15) is 96.6 Å². The van der Waals surface area contributed by atoms with E-state index in [9.17, 15) is 149 Å². The van der Waals surface area contributed by atoms with Gasteiger partial charge in [0.15, 0.2) is 0 Å². The topological polar surface area (TPSA) is 46.2 Å². The van der Waals surface area contributed by atoms with Gasteiger partial charge >= 0.3 is 83.9 Å². The summed E-state index contributed by atoms with van der Waals surface area (Å²) in [7, 11) is -10.2. The lowest BCUT2D eigenvalue weighted by Gasteiger charge is -2.47. The van der Waals surface area contributed by atoms with Gasteiger partial charge in [-0.3, -0.25) is 0 Å². The number of rotatable bonds is 12. The largest absolute Gasteiger partial charge is 1.00 e. The molecule has 4 nitrogen and oxygen atoms in total. The quantitative estimate of drug-likeness (QED) is 0.112. The molecule has 0 spiro atoms. The Bertz CT molecular complexity index is 1390. The molecule has 0 saturated carbocycles. The summed E-state index contributed by atoms with van der Waals surface area (Å²) >= 11 is 0. The number of nitrogens with one attached hydrogen (secondary N) is 1. The molecule has 0 aromatic rings. The third kappa shape index (κ3) is 6.25. The van der Waals surface area contributed by atoms with Crippen LogP contribution >= 0.6 is 0 Å². The lowest BCUT2D eigenvalue weighted by Crippen LogP contribution is -3.00. The highest BCUT2D eigenvalue weighted by atomic mass is 35.5. The summed E-state index contributed by atoms with van der Waals surface area (Å²) < 4.78 is 434. The van der Waals surface area contributed by atoms with E-state index in [0.29, 0.717) is 0 Å². The highest BCUT2D eigenvalue weighted by molar-refractivity contribution is 7.90. The van der Waals surface area contributed by atoms with E-state index < -0.39 is 103 Å². The predicted molar refractivity (Wildman–Crippen MR) is 86.0 cm³/mol. The maximum atomic E-state index is 14.2. The Labute approximate surface area is 265 Å². The molecule has 0 radical (unpaired) electrons. The van der Waals surface area contributed by atoms with Crippen LogP contribution in [-0.4, -0.2) is 96.8 Å². The van der Waals surface area contributed by atoms with Gasteiger partial charge < -0.3 is 12.4 Å². The van der Waals surface area contributed by atoms with Gasteiger partial charge in [-0.1, -0.05) is 4.72 Å². The first-order valence-corrected chi connectivity index (χ1v) is 11.7. The van der Waals surface area contributed by atoms with Crippen LogP contribution in [-0.2, 0) is 10.0 Å². The van der Waals surface area contributed by atoms with Crippen LogP contribution in [0.2, 0.25) is 0 Å². The summed E-state index contributed by atoms with van der Waals surface area (Å²) in [5.74, 6) is -66.6. The van der Waals surface area contributed by atoms with Crippen LogP contribution in [0, 0.1) is 0 Å². The van der Waals surface area contributed by atoms with E-state index in [0.717, 1.165) is 0 Å². The summed E-state index contributed by atoms with van der Waals surface area (Å²) in [6.45, 7) is 0. The molecule has 0 rings (SSSR count). The number of quaternary nitrogens is 1. The van der Waals surface area contributed by atoms with Gasteiger partial charge in [0.1, 0.15) is 0 Å². The van der Waals surface area contributed by atoms with E-state index in [-0.39, 0.29) is 12.4 Å². The fraction of sp³-hybridized carbons (Fsp3) is 1.00. The number of hydrogen-bond donors (Lipinski definition) is 1. The molecule has 0 aliphatic heterocycles. The first kappa shape index (κ1) is 52.0. The molecule has 1 N–H and O–H groups in total. The van der Waals surface area contributed by atoms with E-state index in [1.54, 1.807) is 0 Å². The van der Waals surface area contributed by atoms with Crippen LogP contribution in [0.5, 0.6) is 0 Å². The third-order valence-corrected chi connectivity index (χ3v) is 7.07. The highest BCUT2D eigenvalue weighted by Gasteiger charge is 3.02. The number of nitrogens with zero attached hydrogens (tertiary/aromatic N) is 1. The molecule has 0 saturated heterocycles. The fourth-order valence-electron chi connectivity index (χ4n) is 2.95. The zero-order chi connectivity index (χ0) is 42.7. The maximum Gasteiger partial charge on any atom is 0.580 e. The minimum absolute atomic E-state index is 0. The third-order valence-electron chi connectivity index (χ3n) is 5.62. The van der Waals surface area contributed by atoms with Crippen molar-refractivity contribution >= 4 is 10.0 Å². The molecule has 0 atom stereocenters. The van der Waals surface area contributed by atoms with Gasteiger partial charge in [0.2, 0.25) is 0 Å². The van der Waals surface area contributed by atoms with Crippen LogP contribution in [0.15, 0.2) is 0 Å². The average molecular weight is 905 g/mol. The lowest BCUT2D eigenvalue weighted by molar-refractivity contribution is -1.22. The van der Waals surface area contributed by atoms with Gasteiger partial charge in [0, 0.05) is 4.48 Å². The zero-order valence-corrected chi connectivity index (χ0v) is 23.2. The van der Waals surface area contributed by atoms with Crippen molar-refractivity contribution in [1.29, 1.82) is 0 Å². The van der Waals surface area contributed by atoms with Crippen molar-refractivity contribution in [3.8, 4) is 0 Å². The van der Waals surface area contributed by atoms with E-state index in [2.05, 4.69) is 0 Å². The molecule has 38 heteroatoms. The van der Waals surface area contributed by atoms with Gasteiger partial charge in [0.05, 0.1) is 0 Å². The van der Waals surface area contributed by atoms with E-state index in [4.69, 9.17) is 0 Å². The number of hydrogen-bond acceptors (Lipinski definition) is 2. The lowest BCUT2D eigenvalue weighted by atomic mass is 9.91. The van der Waals surface area contributed by atoms with Crippen molar-refractivity contribution in [2.24, 2.45) is 0 Å². The first-order chi connectivity index (χ1) is 21.2. The van der Waals surface area contributed by atoms with Crippen molar-refractivity contribution < 1.29 is 166 Å². The second-order valence-electron chi connectivity index (χ2n) is 8.83. The van der Waals surface area contributed by atoms with Crippen LogP contribution in [0.3, 0.4) is 0 Å². The highest BCUT2D eigenvalue weighted by Crippen LogP contribution is 2.66. The molecule has 316 valence electrons. The monoisotopic (exact) mass is 904 g/mol. The standard InChI is InChI=1S/C14HF32N2O2S.ClH/c15-1(16,3(19,20)5(23,24)8(29,30)31)2(17,18)4(21,22)6(25,26)11(37,38)51(49,50)47-14(45,46)48(12(39,40)41,13(42,43)44)10(35,36)7(27,28)9(32,33)34;/h47H;1H/q+1;/p-1. The van der Waals surface area contributed by atoms with Crippen LogP contribution < -0.4 is 17.1 Å². The average Bonchev–Trinajstić information content (AvgIpc) is 2.78. The summed E-state index contributed by atoms with van der Waals surface area (Å²) in [5.41, 5.74) is 0. The van der Waals surface area contributed by atoms with Gasteiger partial charge in [0.25, 0.3) is 10.0 Å². The molecule has 0 aromatic heterocycles. The minimum atomic E-state index is -10.2. The van der Waals surface area contributed by atoms with Gasteiger partial charge in [-0.25, -0.2) is 8.42 Å². The molecule has 0 aliphatic carbocycles. The number of halogens is 33. The Balaban J connectivity index is 0. The van der Waals surface area contributed by atoms with E-state index in [1.807, 2.05) is 0 Å². The van der Waals surface area contributed by atoms with Crippen molar-refractivity contribution in [3.05, 3.63) is 0 Å². The molecule has 52 heavy (non-hydrogen) atoms. The predicted octanol–water partition coefficient (Wildman–Crippen LogP) is 6.07. The molecular formula is C14HClF32N2O2S. The van der Waals surface area contributed by atoms with Crippen LogP contribution in [0.4, 0.5) is 140 Å². The first-order valence-electron chi connectivity index (χ1n) is 10.2. The molecule has 0 unspecified atom stereocenters. The van der Waals surface area contributed by atoms with Crippen molar-refractivity contribution in [3.63, 3.8) is 0 Å². The Morgan fingerprint density at radius 3 is 0.808 bits per heavy atom. The Hall–Kier alpha value is -2.08. The Morgan fingerprint density at radius 1 is 0.346 bits per heavy atom. The minimum Gasteiger partial charge on any atom is -1.00 e. The van der Waals surface area contributed by atoms with Crippen LogP contribution in [0.25, 0.3) is 0 Å². The molecule has 0 heterocycles. The summed E-state index contributed by atoms with van der Waals surface area (Å²) in [6.07, 6.45) is -45.6. The summed E-state index contributed by atoms with van der Waals surface area (Å²) in [4.78, 5) is 0. The van der Waals surface area contributed by atoms with Crippen molar-refractivity contribution in [2.75, 3.05) is 0 Å². The Morgan fingerprint density at radius 2 is 0.577 bits per heavy atom. The fourth-order valence-corrected chi connectivity index (χ4v) is 4.00. The summed E-state index contributed by atoms with van der Waals surface area (Å²) in [6, 6.07) is -9.89. The van der Waals surface area contributed by atoms with Crippen molar-refractivity contribution in [2.45, 2.75) is 83.9 Å². The van der Waals surface area contributed by atoms with Gasteiger partial charge in [-0.05, 0) is 0 Å². The second kappa shape index (κ2) is 12.5. The molecule has 0 amide bonds. The molecular weight excluding hydrogens is 904 g/mol. The second-order valence-corrected chi connectivity index (χ2v) is 10.6. The molecule has 0 aliphatic rings. The summed E-state index contributed by atoms with van der Waals surface area (Å²) in [5, 5.41) is -9.57.